The van der Waals surface area contributed by atoms with Crippen LogP contribution >= 0.6 is 0 Å². The van der Waals surface area contributed by atoms with Crippen molar-refractivity contribution in [3.05, 3.63) is 65.7 Å². The van der Waals surface area contributed by atoms with E-state index in [0.717, 1.165) is 37.9 Å². The van der Waals surface area contributed by atoms with Gasteiger partial charge in [-0.2, -0.15) is 0 Å². The first kappa shape index (κ1) is 27.6. The fraction of sp³-hybridized carbons (Fsp3) is 0.483. The number of anilines is 1. The Hall–Kier alpha value is -3.43. The molecular formula is C29H38N4O5. The summed E-state index contributed by atoms with van der Waals surface area (Å²) in [5, 5.41) is 18.6. The van der Waals surface area contributed by atoms with E-state index >= 15 is 0 Å². The van der Waals surface area contributed by atoms with Crippen molar-refractivity contribution in [2.75, 3.05) is 25.0 Å². The number of carbonyl (C=O) groups excluding carboxylic acids is 2. The highest BCUT2D eigenvalue weighted by molar-refractivity contribution is 5.96. The molecule has 4 rings (SSSR count). The number of likely N-dealkylation sites (tertiary alicyclic amines) is 1. The van der Waals surface area contributed by atoms with Crippen LogP contribution in [0.2, 0.25) is 0 Å². The molecule has 2 saturated heterocycles. The van der Waals surface area contributed by atoms with Gasteiger partial charge in [-0.1, -0.05) is 30.3 Å². The van der Waals surface area contributed by atoms with Crippen molar-refractivity contribution in [2.45, 2.75) is 69.7 Å². The minimum Gasteiger partial charge on any atom is -0.478 e. The fourth-order valence-electron chi connectivity index (χ4n) is 5.30. The number of ether oxygens (including phenoxy) is 1. The number of nitrogens with one attached hydrogen (secondary N) is 3. The average molecular weight is 523 g/mol. The first-order valence-electron chi connectivity index (χ1n) is 13.2. The molecule has 9 nitrogen and oxygen atoms in total. The summed E-state index contributed by atoms with van der Waals surface area (Å²) in [7, 11) is 0. The summed E-state index contributed by atoms with van der Waals surface area (Å²) in [6.07, 6.45) is 2.16. The van der Waals surface area contributed by atoms with E-state index in [1.165, 1.54) is 12.1 Å². The lowest BCUT2D eigenvalue weighted by molar-refractivity contribution is -0.119. The number of piperidine rings is 2. The van der Waals surface area contributed by atoms with Crippen LogP contribution in [-0.4, -0.2) is 71.3 Å². The van der Waals surface area contributed by atoms with Gasteiger partial charge in [0, 0.05) is 43.3 Å². The molecule has 4 N–H and O–H groups in total. The second-order valence-corrected chi connectivity index (χ2v) is 11.1. The van der Waals surface area contributed by atoms with Gasteiger partial charge in [0.25, 0.3) is 0 Å². The van der Waals surface area contributed by atoms with Gasteiger partial charge >= 0.3 is 12.1 Å². The minimum absolute atomic E-state index is 0.0224. The molecule has 0 radical (unpaired) electrons. The monoisotopic (exact) mass is 522 g/mol. The van der Waals surface area contributed by atoms with Gasteiger partial charge in [0.05, 0.1) is 11.6 Å². The predicted octanol–water partition coefficient (Wildman–Crippen LogP) is 3.83. The summed E-state index contributed by atoms with van der Waals surface area (Å²) in [6.45, 7) is 7.98. The first-order chi connectivity index (χ1) is 18.1. The van der Waals surface area contributed by atoms with Crippen LogP contribution < -0.4 is 16.0 Å². The topological polar surface area (TPSA) is 120 Å². The van der Waals surface area contributed by atoms with Gasteiger partial charge in [-0.15, -0.1) is 0 Å². The predicted molar refractivity (Wildman–Crippen MR) is 145 cm³/mol. The van der Waals surface area contributed by atoms with Crippen LogP contribution in [0.5, 0.6) is 0 Å². The van der Waals surface area contributed by atoms with Crippen LogP contribution in [0.3, 0.4) is 0 Å². The number of nitrogens with zero attached hydrogens (tertiary/aromatic N) is 1. The van der Waals surface area contributed by atoms with Crippen LogP contribution in [0, 0.1) is 0 Å². The Morgan fingerprint density at radius 1 is 1.00 bits per heavy atom. The molecule has 38 heavy (non-hydrogen) atoms. The SMILES string of the molecule is CC(C)(C)OC(=O)NC1CCN(C2CNC(C(=O)Nc3ccc(C(=O)O)cc3)C(c3ccccc3)C2)CC1. The van der Waals surface area contributed by atoms with E-state index in [0.29, 0.717) is 12.2 Å². The van der Waals surface area contributed by atoms with Gasteiger partial charge in [0.2, 0.25) is 5.91 Å². The van der Waals surface area contributed by atoms with E-state index in [2.05, 4.69) is 33.0 Å². The van der Waals surface area contributed by atoms with E-state index in [-0.39, 0.29) is 35.6 Å². The molecule has 0 spiro atoms. The van der Waals surface area contributed by atoms with E-state index in [1.54, 1.807) is 12.1 Å². The molecule has 0 saturated carbocycles. The summed E-state index contributed by atoms with van der Waals surface area (Å²) >= 11 is 0. The molecule has 2 heterocycles. The van der Waals surface area contributed by atoms with Gasteiger partial charge in [-0.3, -0.25) is 9.69 Å². The number of carbonyl (C=O) groups is 3. The maximum atomic E-state index is 13.3. The van der Waals surface area contributed by atoms with Crippen molar-refractivity contribution in [1.82, 2.24) is 15.5 Å². The van der Waals surface area contributed by atoms with Gasteiger partial charge in [0.15, 0.2) is 0 Å². The summed E-state index contributed by atoms with van der Waals surface area (Å²) < 4.78 is 5.40. The van der Waals surface area contributed by atoms with Gasteiger partial charge < -0.3 is 25.8 Å². The van der Waals surface area contributed by atoms with Crippen molar-refractivity contribution in [2.24, 2.45) is 0 Å². The van der Waals surface area contributed by atoms with Crippen LogP contribution in [0.25, 0.3) is 0 Å². The van der Waals surface area contributed by atoms with Gasteiger partial charge in [-0.05, 0) is 69.9 Å². The van der Waals surface area contributed by atoms with Crippen LogP contribution in [0.15, 0.2) is 54.6 Å². The van der Waals surface area contributed by atoms with Gasteiger partial charge in [-0.25, -0.2) is 9.59 Å². The highest BCUT2D eigenvalue weighted by Crippen LogP contribution is 2.32. The molecule has 3 atom stereocenters. The number of aromatic carboxylic acids is 1. The van der Waals surface area contributed by atoms with Crippen LogP contribution in [0.1, 0.15) is 61.9 Å². The first-order valence-corrected chi connectivity index (χ1v) is 13.2. The Bertz CT molecular complexity index is 1110. The Kier molecular flexibility index (Phi) is 8.69. The van der Waals surface area contributed by atoms with E-state index in [9.17, 15) is 14.4 Å². The third-order valence-corrected chi connectivity index (χ3v) is 7.18. The minimum atomic E-state index is -1.00. The van der Waals surface area contributed by atoms with Crippen LogP contribution in [-0.2, 0) is 9.53 Å². The standard InChI is InChI=1S/C29H38N4O5/c1-29(2,3)38-28(37)32-22-13-15-33(16-14-22)23-17-24(19-7-5-4-6-8-19)25(30-18-23)26(34)31-21-11-9-20(10-12-21)27(35)36/h4-12,22-25,30H,13-18H2,1-3H3,(H,31,34)(H,32,37)(H,35,36). The van der Waals surface area contributed by atoms with Crippen molar-refractivity contribution >= 4 is 23.7 Å². The number of alkyl carbamates (subject to hydrolysis) is 1. The summed E-state index contributed by atoms with van der Waals surface area (Å²) in [6, 6.07) is 16.2. The maximum Gasteiger partial charge on any atom is 0.407 e. The summed E-state index contributed by atoms with van der Waals surface area (Å²) in [5.74, 6) is -1.16. The number of amides is 2. The van der Waals surface area contributed by atoms with E-state index in [4.69, 9.17) is 9.84 Å². The Morgan fingerprint density at radius 3 is 2.26 bits per heavy atom. The second-order valence-electron chi connectivity index (χ2n) is 11.1. The molecule has 204 valence electrons. The zero-order valence-corrected chi connectivity index (χ0v) is 22.3. The highest BCUT2D eigenvalue weighted by Gasteiger charge is 2.38. The third kappa shape index (κ3) is 7.33. The average Bonchev–Trinajstić information content (AvgIpc) is 2.88. The largest absolute Gasteiger partial charge is 0.478 e. The second kappa shape index (κ2) is 12.0. The Balaban J connectivity index is 1.38. The molecule has 2 amide bonds. The smallest absolute Gasteiger partial charge is 0.407 e. The van der Waals surface area contributed by atoms with Crippen LogP contribution in [0.4, 0.5) is 10.5 Å². The maximum absolute atomic E-state index is 13.3. The van der Waals surface area contributed by atoms with Gasteiger partial charge in [0.1, 0.15) is 5.60 Å². The Labute approximate surface area is 223 Å². The normalized spacial score (nSPS) is 22.9. The molecular weight excluding hydrogens is 484 g/mol. The zero-order chi connectivity index (χ0) is 27.3. The van der Waals surface area contributed by atoms with Crippen molar-refractivity contribution in [3.63, 3.8) is 0 Å². The molecule has 0 bridgehead atoms. The lowest BCUT2D eigenvalue weighted by Gasteiger charge is -2.44. The molecule has 2 aromatic carbocycles. The van der Waals surface area contributed by atoms with Crippen molar-refractivity contribution in [3.8, 4) is 0 Å². The molecule has 9 heteroatoms. The number of rotatable bonds is 6. The highest BCUT2D eigenvalue weighted by atomic mass is 16.6. The summed E-state index contributed by atoms with van der Waals surface area (Å²) in [5.41, 5.74) is 1.33. The Morgan fingerprint density at radius 2 is 1.66 bits per heavy atom. The molecule has 2 aliphatic rings. The lowest BCUT2D eigenvalue weighted by Crippen LogP contribution is -2.58. The van der Waals surface area contributed by atoms with E-state index in [1.807, 2.05) is 39.0 Å². The number of carboxylic acid groups (broad SMARTS) is 1. The number of hydrogen-bond acceptors (Lipinski definition) is 6. The molecule has 0 aliphatic carbocycles. The fourth-order valence-corrected chi connectivity index (χ4v) is 5.30. The number of carboxylic acids is 1. The molecule has 0 aromatic heterocycles. The molecule has 2 aromatic rings. The number of hydrogen-bond donors (Lipinski definition) is 4. The molecule has 3 unspecified atom stereocenters. The molecule has 2 aliphatic heterocycles. The van der Waals surface area contributed by atoms with Crippen molar-refractivity contribution in [1.29, 1.82) is 0 Å². The van der Waals surface area contributed by atoms with Crippen molar-refractivity contribution < 1.29 is 24.2 Å². The quantitative estimate of drug-likeness (QED) is 0.455. The lowest BCUT2D eigenvalue weighted by atomic mass is 9.81. The summed E-state index contributed by atoms with van der Waals surface area (Å²) in [4.78, 5) is 39.1. The number of benzene rings is 2. The third-order valence-electron chi connectivity index (χ3n) is 7.18. The zero-order valence-electron chi connectivity index (χ0n) is 22.3. The van der Waals surface area contributed by atoms with E-state index < -0.39 is 17.6 Å². The molecule has 2 fully saturated rings.